The highest BCUT2D eigenvalue weighted by atomic mass is 32.2. The van der Waals surface area contributed by atoms with E-state index in [1.807, 2.05) is 7.05 Å². The molecule has 0 heterocycles. The van der Waals surface area contributed by atoms with Crippen LogP contribution in [0.15, 0.2) is 0 Å². The van der Waals surface area contributed by atoms with Gasteiger partial charge in [0.1, 0.15) is 9.84 Å². The van der Waals surface area contributed by atoms with Crippen LogP contribution in [0.1, 0.15) is 12.8 Å². The van der Waals surface area contributed by atoms with Gasteiger partial charge in [-0.1, -0.05) is 0 Å². The first-order valence-electron chi connectivity index (χ1n) is 3.86. The molecule has 1 aliphatic rings. The van der Waals surface area contributed by atoms with Gasteiger partial charge in [-0.2, -0.15) is 0 Å². The van der Waals surface area contributed by atoms with Gasteiger partial charge in [0.25, 0.3) is 0 Å². The van der Waals surface area contributed by atoms with E-state index in [0.29, 0.717) is 17.7 Å². The summed E-state index contributed by atoms with van der Waals surface area (Å²) in [6, 6.07) is 0.557. The lowest BCUT2D eigenvalue weighted by Gasteiger charge is -2.34. The fourth-order valence-corrected chi connectivity index (χ4v) is 2.66. The van der Waals surface area contributed by atoms with E-state index >= 15 is 0 Å². The molecule has 0 bridgehead atoms. The van der Waals surface area contributed by atoms with Crippen molar-refractivity contribution in [3.05, 3.63) is 0 Å². The van der Waals surface area contributed by atoms with Crippen LogP contribution in [0.25, 0.3) is 0 Å². The van der Waals surface area contributed by atoms with E-state index in [-0.39, 0.29) is 0 Å². The fraction of sp³-hybridized carbons (Fsp3) is 1.00. The van der Waals surface area contributed by atoms with Gasteiger partial charge in [-0.25, -0.2) is 8.42 Å². The van der Waals surface area contributed by atoms with E-state index < -0.39 is 9.84 Å². The molecule has 1 fully saturated rings. The summed E-state index contributed by atoms with van der Waals surface area (Å²) in [6.45, 7) is 0. The van der Waals surface area contributed by atoms with Gasteiger partial charge in [0, 0.05) is 12.3 Å². The zero-order valence-corrected chi connectivity index (χ0v) is 7.82. The standard InChI is InChI=1S/C7H15NO2S/c1-8-7-3-6(4-7)5-11(2,9)10/h6-8H,3-5H2,1-2H3. The molecule has 1 saturated carbocycles. The Morgan fingerprint density at radius 3 is 2.36 bits per heavy atom. The van der Waals surface area contributed by atoms with E-state index in [2.05, 4.69) is 5.32 Å². The summed E-state index contributed by atoms with van der Waals surface area (Å²) in [5.41, 5.74) is 0. The van der Waals surface area contributed by atoms with Gasteiger partial charge in [0.2, 0.25) is 0 Å². The van der Waals surface area contributed by atoms with Gasteiger partial charge in [-0.15, -0.1) is 0 Å². The van der Waals surface area contributed by atoms with Crippen molar-refractivity contribution >= 4 is 9.84 Å². The van der Waals surface area contributed by atoms with Crippen molar-refractivity contribution in [1.29, 1.82) is 0 Å². The SMILES string of the molecule is CNC1CC(CS(C)(=O)=O)C1. The molecule has 0 unspecified atom stereocenters. The minimum absolute atomic E-state index is 0.366. The molecule has 0 amide bonds. The molecule has 1 aliphatic carbocycles. The summed E-state index contributed by atoms with van der Waals surface area (Å²) in [5, 5.41) is 3.12. The van der Waals surface area contributed by atoms with Gasteiger partial charge in [-0.3, -0.25) is 0 Å². The van der Waals surface area contributed by atoms with Crippen LogP contribution in [0.2, 0.25) is 0 Å². The van der Waals surface area contributed by atoms with Crippen LogP contribution in [0.5, 0.6) is 0 Å². The molecular formula is C7H15NO2S. The lowest BCUT2D eigenvalue weighted by molar-refractivity contribution is 0.256. The van der Waals surface area contributed by atoms with Crippen molar-refractivity contribution in [2.75, 3.05) is 19.1 Å². The van der Waals surface area contributed by atoms with E-state index in [1.54, 1.807) is 0 Å². The Bertz CT molecular complexity index is 217. The fourth-order valence-electron chi connectivity index (χ4n) is 1.54. The minimum atomic E-state index is -2.74. The molecule has 3 nitrogen and oxygen atoms in total. The third kappa shape index (κ3) is 2.79. The van der Waals surface area contributed by atoms with Crippen LogP contribution >= 0.6 is 0 Å². The molecule has 0 saturated heterocycles. The monoisotopic (exact) mass is 177 g/mol. The van der Waals surface area contributed by atoms with E-state index in [0.717, 1.165) is 12.8 Å². The molecular weight excluding hydrogens is 162 g/mol. The normalized spacial score (nSPS) is 31.5. The summed E-state index contributed by atoms with van der Waals surface area (Å²) in [4.78, 5) is 0. The molecule has 0 spiro atoms. The number of hydrogen-bond acceptors (Lipinski definition) is 3. The molecule has 4 heteroatoms. The van der Waals surface area contributed by atoms with Crippen LogP contribution in [0.4, 0.5) is 0 Å². The number of sulfone groups is 1. The molecule has 66 valence electrons. The smallest absolute Gasteiger partial charge is 0.147 e. The average molecular weight is 177 g/mol. The number of hydrogen-bond donors (Lipinski definition) is 1. The molecule has 0 aromatic carbocycles. The van der Waals surface area contributed by atoms with Crippen molar-refractivity contribution in [2.24, 2.45) is 5.92 Å². The predicted octanol–water partition coefficient (Wildman–Crippen LogP) is 0.0290. The summed E-state index contributed by atoms with van der Waals surface area (Å²) in [5.74, 6) is 0.771. The maximum absolute atomic E-state index is 10.8. The molecule has 0 atom stereocenters. The van der Waals surface area contributed by atoms with Crippen LogP contribution in [0.3, 0.4) is 0 Å². The summed E-state index contributed by atoms with van der Waals surface area (Å²) in [6.07, 6.45) is 3.34. The Morgan fingerprint density at radius 1 is 1.45 bits per heavy atom. The Morgan fingerprint density at radius 2 is 2.00 bits per heavy atom. The maximum atomic E-state index is 10.8. The van der Waals surface area contributed by atoms with Crippen LogP contribution < -0.4 is 5.32 Å². The van der Waals surface area contributed by atoms with Gasteiger partial charge in [0.15, 0.2) is 0 Å². The second kappa shape index (κ2) is 3.11. The van der Waals surface area contributed by atoms with Crippen molar-refractivity contribution in [2.45, 2.75) is 18.9 Å². The molecule has 1 N–H and O–H groups in total. The summed E-state index contributed by atoms with van der Waals surface area (Å²) >= 11 is 0. The molecule has 0 radical (unpaired) electrons. The highest BCUT2D eigenvalue weighted by Crippen LogP contribution is 2.27. The Kier molecular flexibility index (Phi) is 2.54. The van der Waals surface area contributed by atoms with Crippen LogP contribution in [-0.4, -0.2) is 33.5 Å². The number of rotatable bonds is 3. The average Bonchev–Trinajstić information content (AvgIpc) is 1.75. The highest BCUT2D eigenvalue weighted by molar-refractivity contribution is 7.90. The molecule has 0 aromatic heterocycles. The lowest BCUT2D eigenvalue weighted by atomic mass is 9.82. The van der Waals surface area contributed by atoms with Crippen molar-refractivity contribution in [3.8, 4) is 0 Å². The minimum Gasteiger partial charge on any atom is -0.317 e. The Labute approximate surface area is 68.1 Å². The molecule has 0 aliphatic heterocycles. The molecule has 11 heavy (non-hydrogen) atoms. The second-order valence-corrected chi connectivity index (χ2v) is 5.60. The Balaban J connectivity index is 2.24. The third-order valence-electron chi connectivity index (χ3n) is 2.18. The van der Waals surface area contributed by atoms with E-state index in [1.165, 1.54) is 6.26 Å². The van der Waals surface area contributed by atoms with E-state index in [9.17, 15) is 8.42 Å². The first kappa shape index (κ1) is 9.00. The van der Waals surface area contributed by atoms with Gasteiger partial charge in [0.05, 0.1) is 5.75 Å². The first-order chi connectivity index (χ1) is 5.01. The van der Waals surface area contributed by atoms with Gasteiger partial charge >= 0.3 is 0 Å². The summed E-state index contributed by atoms with van der Waals surface area (Å²) < 4.78 is 21.6. The Hall–Kier alpha value is -0.0900. The van der Waals surface area contributed by atoms with Crippen LogP contribution in [-0.2, 0) is 9.84 Å². The topological polar surface area (TPSA) is 46.2 Å². The zero-order chi connectivity index (χ0) is 8.48. The quantitative estimate of drug-likeness (QED) is 0.661. The maximum Gasteiger partial charge on any atom is 0.147 e. The largest absolute Gasteiger partial charge is 0.317 e. The third-order valence-corrected chi connectivity index (χ3v) is 3.26. The lowest BCUT2D eigenvalue weighted by Crippen LogP contribution is -2.41. The molecule has 0 aromatic rings. The van der Waals surface area contributed by atoms with Crippen LogP contribution in [0, 0.1) is 5.92 Å². The van der Waals surface area contributed by atoms with Gasteiger partial charge < -0.3 is 5.32 Å². The second-order valence-electron chi connectivity index (χ2n) is 3.42. The van der Waals surface area contributed by atoms with Crippen molar-refractivity contribution in [1.82, 2.24) is 5.32 Å². The van der Waals surface area contributed by atoms with Crippen molar-refractivity contribution < 1.29 is 8.42 Å². The molecule has 1 rings (SSSR count). The zero-order valence-electron chi connectivity index (χ0n) is 7.00. The number of nitrogens with one attached hydrogen (secondary N) is 1. The highest BCUT2D eigenvalue weighted by Gasteiger charge is 2.29. The first-order valence-corrected chi connectivity index (χ1v) is 5.92. The van der Waals surface area contributed by atoms with E-state index in [4.69, 9.17) is 0 Å². The van der Waals surface area contributed by atoms with Crippen molar-refractivity contribution in [3.63, 3.8) is 0 Å². The van der Waals surface area contributed by atoms with Gasteiger partial charge in [-0.05, 0) is 25.8 Å². The summed E-state index contributed by atoms with van der Waals surface area (Å²) in [7, 11) is -0.826. The predicted molar refractivity (Wildman–Crippen MR) is 45.3 cm³/mol.